The van der Waals surface area contributed by atoms with Crippen LogP contribution in [-0.4, -0.2) is 28.0 Å². The lowest BCUT2D eigenvalue weighted by atomic mass is 10.1. The van der Waals surface area contributed by atoms with Crippen LogP contribution in [0.15, 0.2) is 23.0 Å². The van der Waals surface area contributed by atoms with Crippen molar-refractivity contribution in [1.29, 1.82) is 0 Å². The van der Waals surface area contributed by atoms with Crippen molar-refractivity contribution >= 4 is 39.1 Å². The molecule has 2 aromatic heterocycles. The average molecular weight is 411 g/mol. The van der Waals surface area contributed by atoms with E-state index in [2.05, 4.69) is 10.3 Å². The monoisotopic (exact) mass is 411 g/mol. The van der Waals surface area contributed by atoms with Crippen molar-refractivity contribution in [3.63, 3.8) is 0 Å². The Morgan fingerprint density at radius 2 is 2.03 bits per heavy atom. The molecule has 8 heteroatoms. The Hall–Kier alpha value is -3.00. The number of esters is 1. The second-order valence-electron chi connectivity index (χ2n) is 7.20. The van der Waals surface area contributed by atoms with Crippen molar-refractivity contribution < 1.29 is 14.3 Å². The van der Waals surface area contributed by atoms with Gasteiger partial charge in [0.15, 0.2) is 6.61 Å². The van der Waals surface area contributed by atoms with E-state index in [9.17, 15) is 14.4 Å². The molecule has 7 nitrogen and oxygen atoms in total. The summed E-state index contributed by atoms with van der Waals surface area (Å²) in [5, 5.41) is 3.23. The minimum atomic E-state index is -0.619. The maximum atomic E-state index is 12.7. The van der Waals surface area contributed by atoms with E-state index >= 15 is 0 Å². The molecule has 0 saturated heterocycles. The summed E-state index contributed by atoms with van der Waals surface area (Å²) >= 11 is 1.14. The molecule has 0 aliphatic carbocycles. The van der Waals surface area contributed by atoms with E-state index in [0.29, 0.717) is 32.9 Å². The van der Waals surface area contributed by atoms with E-state index in [4.69, 9.17) is 4.74 Å². The zero-order valence-electron chi connectivity index (χ0n) is 16.5. The zero-order chi connectivity index (χ0) is 20.7. The van der Waals surface area contributed by atoms with Gasteiger partial charge in [0.1, 0.15) is 15.5 Å². The predicted octanol–water partition coefficient (Wildman–Crippen LogP) is 3.12. The second-order valence-corrected chi connectivity index (χ2v) is 8.20. The smallest absolute Gasteiger partial charge is 0.349 e. The van der Waals surface area contributed by atoms with Gasteiger partial charge in [-0.2, -0.15) is 0 Å². The summed E-state index contributed by atoms with van der Waals surface area (Å²) in [5.74, 6) is -0.272. The Labute approximate surface area is 171 Å². The molecular weight excluding hydrogens is 390 g/mol. The molecule has 0 bridgehead atoms. The van der Waals surface area contributed by atoms with Gasteiger partial charge in [-0.3, -0.25) is 14.2 Å². The van der Waals surface area contributed by atoms with Crippen LogP contribution in [0.4, 0.5) is 5.69 Å². The Bertz CT molecular complexity index is 1210. The molecule has 1 aromatic carbocycles. The summed E-state index contributed by atoms with van der Waals surface area (Å²) < 4.78 is 6.88. The molecule has 0 fully saturated rings. The van der Waals surface area contributed by atoms with Gasteiger partial charge in [-0.05, 0) is 49.9 Å². The van der Waals surface area contributed by atoms with Crippen molar-refractivity contribution in [1.82, 2.24) is 9.55 Å². The second kappa shape index (κ2) is 7.44. The minimum Gasteiger partial charge on any atom is -0.451 e. The number of aryl methyl sites for hydroxylation is 3. The topological polar surface area (TPSA) is 90.3 Å². The number of carbonyl (C=O) groups is 2. The zero-order valence-corrected chi connectivity index (χ0v) is 17.3. The van der Waals surface area contributed by atoms with E-state index < -0.39 is 18.5 Å². The van der Waals surface area contributed by atoms with E-state index in [-0.39, 0.29) is 5.56 Å². The number of benzene rings is 1. The van der Waals surface area contributed by atoms with Gasteiger partial charge in [0, 0.05) is 18.7 Å². The molecule has 0 unspecified atom stereocenters. The number of hydrogen-bond donors (Lipinski definition) is 1. The van der Waals surface area contributed by atoms with Crippen molar-refractivity contribution in [2.45, 2.75) is 40.2 Å². The first-order valence-corrected chi connectivity index (χ1v) is 10.2. The molecule has 0 spiro atoms. The number of fused-ring (bicyclic) bond motifs is 2. The molecule has 0 atom stereocenters. The molecule has 1 aliphatic rings. The average Bonchev–Trinajstić information content (AvgIpc) is 3.29. The highest BCUT2D eigenvalue weighted by Gasteiger charge is 2.24. The number of aromatic nitrogens is 2. The van der Waals surface area contributed by atoms with Crippen molar-refractivity contribution in [2.75, 3.05) is 11.9 Å². The van der Waals surface area contributed by atoms with Gasteiger partial charge in [-0.1, -0.05) is 12.1 Å². The van der Waals surface area contributed by atoms with Crippen molar-refractivity contribution in [3.05, 3.63) is 55.9 Å². The number of thiophene rings is 1. The SMILES string of the molecule is Cc1cccc(NC(=O)COC(=O)c2sc3nc4n(c(=O)c3c2C)CCC4)c1C. The molecular formula is C21H21N3O4S. The first kappa shape index (κ1) is 19.3. The predicted molar refractivity (Wildman–Crippen MR) is 112 cm³/mol. The van der Waals surface area contributed by atoms with Crippen LogP contribution in [0.2, 0.25) is 0 Å². The summed E-state index contributed by atoms with van der Waals surface area (Å²) in [7, 11) is 0. The van der Waals surface area contributed by atoms with Gasteiger partial charge in [-0.25, -0.2) is 9.78 Å². The van der Waals surface area contributed by atoms with E-state index in [1.165, 1.54) is 0 Å². The Morgan fingerprint density at radius 3 is 2.83 bits per heavy atom. The standard InChI is InChI=1S/C21H21N3O4S/c1-11-6-4-7-14(12(11)2)22-16(25)10-28-21(27)18-13(3)17-19(29-18)23-15-8-5-9-24(15)20(17)26/h4,6-7H,5,8-10H2,1-3H3,(H,22,25). The van der Waals surface area contributed by atoms with Gasteiger partial charge in [-0.15, -0.1) is 11.3 Å². The summed E-state index contributed by atoms with van der Waals surface area (Å²) in [4.78, 5) is 42.9. The Morgan fingerprint density at radius 1 is 1.24 bits per heavy atom. The summed E-state index contributed by atoms with van der Waals surface area (Å²) in [6, 6.07) is 5.62. The van der Waals surface area contributed by atoms with Crippen LogP contribution >= 0.6 is 11.3 Å². The number of hydrogen-bond acceptors (Lipinski definition) is 6. The molecule has 3 aromatic rings. The molecule has 0 radical (unpaired) electrons. The Kier molecular flexibility index (Phi) is 4.96. The van der Waals surface area contributed by atoms with Crippen LogP contribution in [0.1, 0.15) is 38.6 Å². The van der Waals surface area contributed by atoms with Crippen LogP contribution in [0.3, 0.4) is 0 Å². The largest absolute Gasteiger partial charge is 0.451 e. The van der Waals surface area contributed by atoms with Crippen LogP contribution in [0.5, 0.6) is 0 Å². The van der Waals surface area contributed by atoms with Gasteiger partial charge in [0.2, 0.25) is 0 Å². The van der Waals surface area contributed by atoms with E-state index in [1.807, 2.05) is 26.0 Å². The third-order valence-corrected chi connectivity index (χ3v) is 6.48. The third kappa shape index (κ3) is 3.44. The minimum absolute atomic E-state index is 0.108. The normalized spacial score (nSPS) is 12.8. The van der Waals surface area contributed by atoms with Crippen molar-refractivity contribution in [2.24, 2.45) is 0 Å². The number of nitrogens with zero attached hydrogens (tertiary/aromatic N) is 2. The third-order valence-electron chi connectivity index (χ3n) is 5.31. The molecule has 4 rings (SSSR count). The molecule has 150 valence electrons. The molecule has 3 heterocycles. The quantitative estimate of drug-likeness (QED) is 0.666. The van der Waals surface area contributed by atoms with Crippen LogP contribution < -0.4 is 10.9 Å². The van der Waals surface area contributed by atoms with Gasteiger partial charge >= 0.3 is 5.97 Å². The molecule has 0 saturated carbocycles. The van der Waals surface area contributed by atoms with Gasteiger partial charge in [0.05, 0.1) is 5.39 Å². The van der Waals surface area contributed by atoms with E-state index in [0.717, 1.165) is 41.1 Å². The van der Waals surface area contributed by atoms with E-state index in [1.54, 1.807) is 17.6 Å². The number of carbonyl (C=O) groups excluding carboxylic acids is 2. The van der Waals surface area contributed by atoms with Gasteiger partial charge in [0.25, 0.3) is 11.5 Å². The number of amides is 1. The number of anilines is 1. The highest BCUT2D eigenvalue weighted by molar-refractivity contribution is 7.20. The maximum Gasteiger partial charge on any atom is 0.349 e. The highest BCUT2D eigenvalue weighted by atomic mass is 32.1. The highest BCUT2D eigenvalue weighted by Crippen LogP contribution is 2.29. The fourth-order valence-electron chi connectivity index (χ4n) is 3.54. The maximum absolute atomic E-state index is 12.7. The lowest BCUT2D eigenvalue weighted by Crippen LogP contribution is -2.22. The number of ether oxygens (including phenoxy) is 1. The first-order valence-electron chi connectivity index (χ1n) is 9.43. The summed E-state index contributed by atoms with van der Waals surface area (Å²) in [6.45, 7) is 5.85. The number of nitrogens with one attached hydrogen (secondary N) is 1. The number of rotatable bonds is 4. The van der Waals surface area contributed by atoms with Crippen LogP contribution in [0, 0.1) is 20.8 Å². The summed E-state index contributed by atoms with van der Waals surface area (Å²) in [6.07, 6.45) is 1.67. The molecule has 1 aliphatic heterocycles. The molecule has 1 N–H and O–H groups in total. The lowest BCUT2D eigenvalue weighted by Gasteiger charge is -2.10. The Balaban J connectivity index is 1.50. The van der Waals surface area contributed by atoms with Gasteiger partial charge < -0.3 is 10.1 Å². The fourth-order valence-corrected chi connectivity index (χ4v) is 4.62. The van der Waals surface area contributed by atoms with Crippen molar-refractivity contribution in [3.8, 4) is 0 Å². The van der Waals surface area contributed by atoms with Crippen LogP contribution in [-0.2, 0) is 22.5 Å². The summed E-state index contributed by atoms with van der Waals surface area (Å²) in [5.41, 5.74) is 3.17. The molecule has 1 amide bonds. The fraction of sp³-hybridized carbons (Fsp3) is 0.333. The lowest BCUT2D eigenvalue weighted by molar-refractivity contribution is -0.119. The molecule has 29 heavy (non-hydrogen) atoms. The van der Waals surface area contributed by atoms with Crippen LogP contribution in [0.25, 0.3) is 10.2 Å². The first-order chi connectivity index (χ1) is 13.9.